The second kappa shape index (κ2) is 8.46. The highest BCUT2D eigenvalue weighted by molar-refractivity contribution is 5.85. The molecule has 6 heteroatoms. The van der Waals surface area contributed by atoms with E-state index < -0.39 is 0 Å². The van der Waals surface area contributed by atoms with E-state index in [1.165, 1.54) is 18.9 Å². The van der Waals surface area contributed by atoms with Crippen molar-refractivity contribution in [1.82, 2.24) is 10.6 Å². The van der Waals surface area contributed by atoms with E-state index in [1.807, 2.05) is 12.1 Å². The Kier molecular flexibility index (Phi) is 5.81. The zero-order chi connectivity index (χ0) is 18.6. The molecule has 3 heterocycles. The SMILES string of the molecule is O=C1NCCCC1Nc1ccc(N2CCC(C3CCNCC3)CC2)c(F)c1. The highest BCUT2D eigenvalue weighted by atomic mass is 19.1. The average molecular weight is 375 g/mol. The maximum Gasteiger partial charge on any atom is 0.242 e. The van der Waals surface area contributed by atoms with E-state index in [0.29, 0.717) is 11.4 Å². The summed E-state index contributed by atoms with van der Waals surface area (Å²) in [7, 11) is 0. The van der Waals surface area contributed by atoms with Crippen LogP contribution in [0, 0.1) is 17.7 Å². The summed E-state index contributed by atoms with van der Waals surface area (Å²) in [5, 5.41) is 9.47. The van der Waals surface area contributed by atoms with Gasteiger partial charge < -0.3 is 20.9 Å². The summed E-state index contributed by atoms with van der Waals surface area (Å²) in [6.45, 7) is 4.89. The number of benzene rings is 1. The van der Waals surface area contributed by atoms with Gasteiger partial charge in [-0.2, -0.15) is 0 Å². The molecule has 0 aromatic heterocycles. The number of piperidine rings is 3. The van der Waals surface area contributed by atoms with Crippen LogP contribution in [0.25, 0.3) is 0 Å². The lowest BCUT2D eigenvalue weighted by atomic mass is 9.79. The molecule has 4 rings (SSSR count). The predicted molar refractivity (Wildman–Crippen MR) is 107 cm³/mol. The van der Waals surface area contributed by atoms with Gasteiger partial charge in [0, 0.05) is 25.3 Å². The molecule has 148 valence electrons. The average Bonchev–Trinajstić information content (AvgIpc) is 2.71. The topological polar surface area (TPSA) is 56.4 Å². The van der Waals surface area contributed by atoms with Crippen LogP contribution >= 0.6 is 0 Å². The van der Waals surface area contributed by atoms with Crippen LogP contribution in [-0.4, -0.2) is 44.7 Å². The first-order valence-electron chi connectivity index (χ1n) is 10.5. The quantitative estimate of drug-likeness (QED) is 0.759. The van der Waals surface area contributed by atoms with Crippen molar-refractivity contribution in [2.75, 3.05) is 42.9 Å². The van der Waals surface area contributed by atoms with Crippen LogP contribution in [0.4, 0.5) is 15.8 Å². The van der Waals surface area contributed by atoms with Crippen LogP contribution in [0.15, 0.2) is 18.2 Å². The van der Waals surface area contributed by atoms with E-state index >= 15 is 0 Å². The second-order valence-corrected chi connectivity index (χ2v) is 8.21. The summed E-state index contributed by atoms with van der Waals surface area (Å²) >= 11 is 0. The summed E-state index contributed by atoms with van der Waals surface area (Å²) in [5.41, 5.74) is 1.38. The number of hydrogen-bond acceptors (Lipinski definition) is 4. The van der Waals surface area contributed by atoms with Gasteiger partial charge >= 0.3 is 0 Å². The van der Waals surface area contributed by atoms with Crippen molar-refractivity contribution < 1.29 is 9.18 Å². The Labute approximate surface area is 161 Å². The Hall–Kier alpha value is -1.82. The number of nitrogens with one attached hydrogen (secondary N) is 3. The molecule has 0 spiro atoms. The Morgan fingerprint density at radius 2 is 1.74 bits per heavy atom. The fourth-order valence-corrected chi connectivity index (χ4v) is 4.89. The molecule has 3 fully saturated rings. The van der Waals surface area contributed by atoms with Gasteiger partial charge in [0.1, 0.15) is 11.9 Å². The van der Waals surface area contributed by atoms with Crippen molar-refractivity contribution in [1.29, 1.82) is 0 Å². The molecule has 0 aliphatic carbocycles. The molecule has 3 saturated heterocycles. The molecule has 1 amide bonds. The molecular formula is C21H31FN4O. The Bertz CT molecular complexity index is 654. The van der Waals surface area contributed by atoms with Gasteiger partial charge in [0.15, 0.2) is 0 Å². The maximum absolute atomic E-state index is 14.7. The number of nitrogens with zero attached hydrogens (tertiary/aromatic N) is 1. The molecular weight excluding hydrogens is 343 g/mol. The minimum absolute atomic E-state index is 0.00530. The second-order valence-electron chi connectivity index (χ2n) is 8.21. The summed E-state index contributed by atoms with van der Waals surface area (Å²) in [4.78, 5) is 14.1. The summed E-state index contributed by atoms with van der Waals surface area (Å²) in [6, 6.07) is 5.04. The van der Waals surface area contributed by atoms with Crippen LogP contribution in [-0.2, 0) is 4.79 Å². The molecule has 0 bridgehead atoms. The molecule has 1 aromatic rings. The van der Waals surface area contributed by atoms with Crippen molar-refractivity contribution in [3.8, 4) is 0 Å². The van der Waals surface area contributed by atoms with E-state index in [-0.39, 0.29) is 17.8 Å². The van der Waals surface area contributed by atoms with Gasteiger partial charge in [-0.25, -0.2) is 4.39 Å². The zero-order valence-corrected chi connectivity index (χ0v) is 16.0. The monoisotopic (exact) mass is 374 g/mol. The van der Waals surface area contributed by atoms with Crippen molar-refractivity contribution in [3.63, 3.8) is 0 Å². The largest absolute Gasteiger partial charge is 0.374 e. The molecule has 3 aliphatic heterocycles. The normalized spacial score (nSPS) is 25.3. The van der Waals surface area contributed by atoms with E-state index in [4.69, 9.17) is 0 Å². The van der Waals surface area contributed by atoms with Crippen LogP contribution in [0.1, 0.15) is 38.5 Å². The molecule has 0 saturated carbocycles. The highest BCUT2D eigenvalue weighted by Gasteiger charge is 2.28. The third kappa shape index (κ3) is 4.37. The predicted octanol–water partition coefficient (Wildman–Crippen LogP) is 2.73. The smallest absolute Gasteiger partial charge is 0.242 e. The van der Waals surface area contributed by atoms with E-state index in [2.05, 4.69) is 20.9 Å². The van der Waals surface area contributed by atoms with Gasteiger partial charge in [-0.15, -0.1) is 0 Å². The van der Waals surface area contributed by atoms with E-state index in [1.54, 1.807) is 0 Å². The van der Waals surface area contributed by atoms with Crippen LogP contribution in [0.5, 0.6) is 0 Å². The molecule has 0 radical (unpaired) electrons. The van der Waals surface area contributed by atoms with Gasteiger partial charge in [-0.05, 0) is 81.6 Å². The van der Waals surface area contributed by atoms with Crippen LogP contribution < -0.4 is 20.9 Å². The van der Waals surface area contributed by atoms with Gasteiger partial charge in [0.05, 0.1) is 5.69 Å². The van der Waals surface area contributed by atoms with Crippen molar-refractivity contribution in [2.24, 2.45) is 11.8 Å². The minimum atomic E-state index is -0.260. The van der Waals surface area contributed by atoms with Crippen molar-refractivity contribution in [3.05, 3.63) is 24.0 Å². The Morgan fingerprint density at radius 1 is 1.00 bits per heavy atom. The number of rotatable bonds is 4. The highest BCUT2D eigenvalue weighted by Crippen LogP contribution is 2.33. The minimum Gasteiger partial charge on any atom is -0.374 e. The van der Waals surface area contributed by atoms with E-state index in [0.717, 1.165) is 70.2 Å². The first-order valence-corrected chi connectivity index (χ1v) is 10.5. The summed E-state index contributed by atoms with van der Waals surface area (Å²) in [6.07, 6.45) is 6.64. The molecule has 1 unspecified atom stereocenters. The molecule has 3 aliphatic rings. The summed E-state index contributed by atoms with van der Waals surface area (Å²) < 4.78 is 14.7. The van der Waals surface area contributed by atoms with Crippen LogP contribution in [0.2, 0.25) is 0 Å². The molecule has 27 heavy (non-hydrogen) atoms. The number of hydrogen-bond donors (Lipinski definition) is 3. The Balaban J connectivity index is 1.35. The molecule has 3 N–H and O–H groups in total. The van der Waals surface area contributed by atoms with Gasteiger partial charge in [0.2, 0.25) is 5.91 Å². The zero-order valence-electron chi connectivity index (χ0n) is 16.0. The number of carbonyl (C=O) groups is 1. The third-order valence-corrected chi connectivity index (χ3v) is 6.50. The fourth-order valence-electron chi connectivity index (χ4n) is 4.89. The van der Waals surface area contributed by atoms with Gasteiger partial charge in [-0.1, -0.05) is 0 Å². The third-order valence-electron chi connectivity index (χ3n) is 6.50. The van der Waals surface area contributed by atoms with Gasteiger partial charge in [-0.3, -0.25) is 4.79 Å². The first-order chi connectivity index (χ1) is 13.2. The standard InChI is InChI=1S/C21H31FN4O/c22-18-14-17(25-19-2-1-9-24-21(19)27)3-4-20(18)26-12-7-16(8-13-26)15-5-10-23-11-6-15/h3-4,14-16,19,23,25H,1-2,5-13H2,(H,24,27). The summed E-state index contributed by atoms with van der Waals surface area (Å²) in [5.74, 6) is 1.44. The maximum atomic E-state index is 14.7. The van der Waals surface area contributed by atoms with E-state index in [9.17, 15) is 9.18 Å². The lowest BCUT2D eigenvalue weighted by Crippen LogP contribution is -2.44. The van der Waals surface area contributed by atoms with Crippen LogP contribution in [0.3, 0.4) is 0 Å². The van der Waals surface area contributed by atoms with Gasteiger partial charge in [0.25, 0.3) is 0 Å². The Morgan fingerprint density at radius 3 is 2.44 bits per heavy atom. The first kappa shape index (κ1) is 18.5. The van der Waals surface area contributed by atoms with Crippen molar-refractivity contribution >= 4 is 17.3 Å². The fraction of sp³-hybridized carbons (Fsp3) is 0.667. The molecule has 5 nitrogen and oxygen atoms in total. The number of anilines is 2. The molecule has 1 aromatic carbocycles. The lowest BCUT2D eigenvalue weighted by Gasteiger charge is -2.39. The lowest BCUT2D eigenvalue weighted by molar-refractivity contribution is -0.123. The number of amides is 1. The number of halogens is 1. The number of carbonyl (C=O) groups excluding carboxylic acids is 1. The molecule has 1 atom stereocenters. The van der Waals surface area contributed by atoms with Crippen molar-refractivity contribution in [2.45, 2.75) is 44.6 Å².